The third-order valence-electron chi connectivity index (χ3n) is 3.25. The van der Waals surface area contributed by atoms with Gasteiger partial charge in [0.1, 0.15) is 9.84 Å². The molecule has 1 aliphatic rings. The third-order valence-corrected chi connectivity index (χ3v) is 5.15. The van der Waals surface area contributed by atoms with Crippen LogP contribution >= 0.6 is 12.6 Å². The molecule has 0 saturated carbocycles. The number of sulfone groups is 1. The quantitative estimate of drug-likeness (QED) is 0.757. The Balaban J connectivity index is 2.82. The number of rotatable bonds is 2. The van der Waals surface area contributed by atoms with E-state index < -0.39 is 9.84 Å². The van der Waals surface area contributed by atoms with Crippen molar-refractivity contribution in [1.29, 1.82) is 0 Å². The SMILES string of the molecule is CC(S)N1CCC(S(C)(=O)=O)CC1(C)C. The number of hydrogen-bond donors (Lipinski definition) is 1. The summed E-state index contributed by atoms with van der Waals surface area (Å²) in [6.45, 7) is 7.04. The zero-order valence-electron chi connectivity index (χ0n) is 9.90. The fourth-order valence-corrected chi connectivity index (χ4v) is 4.09. The summed E-state index contributed by atoms with van der Waals surface area (Å²) in [5.41, 5.74) is -0.0762. The molecule has 1 fully saturated rings. The van der Waals surface area contributed by atoms with E-state index in [2.05, 4.69) is 31.4 Å². The highest BCUT2D eigenvalue weighted by molar-refractivity contribution is 7.91. The molecule has 0 bridgehead atoms. The van der Waals surface area contributed by atoms with E-state index in [9.17, 15) is 8.42 Å². The lowest BCUT2D eigenvalue weighted by molar-refractivity contribution is 0.0736. The van der Waals surface area contributed by atoms with Crippen LogP contribution in [0.1, 0.15) is 33.6 Å². The van der Waals surface area contributed by atoms with Gasteiger partial charge in [-0.2, -0.15) is 12.6 Å². The second-order valence-corrected chi connectivity index (χ2v) is 8.16. The number of likely N-dealkylation sites (tertiary alicyclic amines) is 1. The minimum atomic E-state index is -2.90. The summed E-state index contributed by atoms with van der Waals surface area (Å²) < 4.78 is 23.0. The molecule has 90 valence electrons. The molecule has 0 aromatic rings. The molecular weight excluding hydrogens is 230 g/mol. The Kier molecular flexibility index (Phi) is 3.78. The van der Waals surface area contributed by atoms with Crippen molar-refractivity contribution in [1.82, 2.24) is 4.90 Å². The summed E-state index contributed by atoms with van der Waals surface area (Å²) in [6.07, 6.45) is 2.78. The van der Waals surface area contributed by atoms with Crippen molar-refractivity contribution in [3.05, 3.63) is 0 Å². The lowest BCUT2D eigenvalue weighted by Crippen LogP contribution is -2.54. The molecule has 0 radical (unpaired) electrons. The molecule has 0 N–H and O–H groups in total. The zero-order valence-corrected chi connectivity index (χ0v) is 11.6. The number of hydrogen-bond acceptors (Lipinski definition) is 4. The van der Waals surface area contributed by atoms with Crippen LogP contribution in [0.5, 0.6) is 0 Å². The van der Waals surface area contributed by atoms with Gasteiger partial charge in [0, 0.05) is 18.3 Å². The lowest BCUT2D eigenvalue weighted by atomic mass is 9.90. The summed E-state index contributed by atoms with van der Waals surface area (Å²) in [5, 5.41) is -0.00339. The van der Waals surface area contributed by atoms with E-state index in [0.717, 1.165) is 13.0 Å². The summed E-state index contributed by atoms with van der Waals surface area (Å²) in [5.74, 6) is 0. The van der Waals surface area contributed by atoms with E-state index in [0.29, 0.717) is 6.42 Å². The van der Waals surface area contributed by atoms with Crippen LogP contribution in [0.2, 0.25) is 0 Å². The average molecular weight is 251 g/mol. The van der Waals surface area contributed by atoms with E-state index in [4.69, 9.17) is 0 Å². The molecule has 0 spiro atoms. The average Bonchev–Trinajstić information content (AvgIpc) is 1.99. The van der Waals surface area contributed by atoms with Crippen molar-refractivity contribution in [2.75, 3.05) is 12.8 Å². The molecule has 1 saturated heterocycles. The maximum absolute atomic E-state index is 11.5. The Labute approximate surface area is 98.6 Å². The van der Waals surface area contributed by atoms with Crippen LogP contribution in [-0.4, -0.2) is 42.3 Å². The van der Waals surface area contributed by atoms with E-state index in [1.54, 1.807) is 0 Å². The Morgan fingerprint density at radius 1 is 1.47 bits per heavy atom. The predicted molar refractivity (Wildman–Crippen MR) is 67.1 cm³/mol. The summed E-state index contributed by atoms with van der Waals surface area (Å²) in [4.78, 5) is 2.26. The highest BCUT2D eigenvalue weighted by atomic mass is 32.2. The Morgan fingerprint density at radius 3 is 2.33 bits per heavy atom. The molecule has 0 aromatic carbocycles. The molecule has 1 rings (SSSR count). The molecule has 0 amide bonds. The highest BCUT2D eigenvalue weighted by Crippen LogP contribution is 2.33. The van der Waals surface area contributed by atoms with E-state index in [-0.39, 0.29) is 16.2 Å². The number of piperidine rings is 1. The monoisotopic (exact) mass is 251 g/mol. The van der Waals surface area contributed by atoms with Gasteiger partial charge in [-0.1, -0.05) is 0 Å². The fraction of sp³-hybridized carbons (Fsp3) is 1.00. The van der Waals surface area contributed by atoms with Crippen molar-refractivity contribution in [3.8, 4) is 0 Å². The number of nitrogens with zero attached hydrogens (tertiary/aromatic N) is 1. The van der Waals surface area contributed by atoms with Gasteiger partial charge in [-0.3, -0.25) is 4.90 Å². The smallest absolute Gasteiger partial charge is 0.150 e. The first-order valence-electron chi connectivity index (χ1n) is 5.28. The van der Waals surface area contributed by atoms with Crippen molar-refractivity contribution >= 4 is 22.5 Å². The Morgan fingerprint density at radius 2 is 2.00 bits per heavy atom. The zero-order chi connectivity index (χ0) is 11.9. The second-order valence-electron chi connectivity index (χ2n) is 5.08. The van der Waals surface area contributed by atoms with Crippen LogP contribution in [-0.2, 0) is 9.84 Å². The Bertz CT molecular complexity index is 322. The molecular formula is C10H21NO2S2. The first kappa shape index (κ1) is 13.3. The van der Waals surface area contributed by atoms with E-state index in [1.807, 2.05) is 6.92 Å². The van der Waals surface area contributed by atoms with E-state index >= 15 is 0 Å². The number of thiol groups is 1. The molecule has 2 unspecified atom stereocenters. The fourth-order valence-electron chi connectivity index (χ4n) is 2.42. The molecule has 15 heavy (non-hydrogen) atoms. The molecule has 0 aromatic heterocycles. The molecule has 5 heteroatoms. The van der Waals surface area contributed by atoms with Crippen LogP contribution in [0.15, 0.2) is 0 Å². The molecule has 0 aliphatic carbocycles. The van der Waals surface area contributed by atoms with Gasteiger partial charge in [0.05, 0.1) is 10.6 Å². The van der Waals surface area contributed by atoms with Crippen LogP contribution in [0.4, 0.5) is 0 Å². The molecule has 3 nitrogen and oxygen atoms in total. The molecule has 1 heterocycles. The van der Waals surface area contributed by atoms with Gasteiger partial charge in [0.2, 0.25) is 0 Å². The van der Waals surface area contributed by atoms with Gasteiger partial charge in [-0.25, -0.2) is 8.42 Å². The largest absolute Gasteiger partial charge is 0.287 e. The lowest BCUT2D eigenvalue weighted by Gasteiger charge is -2.47. The van der Waals surface area contributed by atoms with Crippen molar-refractivity contribution < 1.29 is 8.42 Å². The van der Waals surface area contributed by atoms with Crippen molar-refractivity contribution in [3.63, 3.8) is 0 Å². The van der Waals surface area contributed by atoms with Gasteiger partial charge in [0.15, 0.2) is 0 Å². The maximum atomic E-state index is 11.5. The summed E-state index contributed by atoms with van der Waals surface area (Å²) in [7, 11) is -2.90. The Hall–Kier alpha value is 0.260. The second kappa shape index (κ2) is 4.26. The minimum absolute atomic E-state index is 0.0762. The highest BCUT2D eigenvalue weighted by Gasteiger charge is 2.39. The van der Waals surface area contributed by atoms with Gasteiger partial charge in [0.25, 0.3) is 0 Å². The van der Waals surface area contributed by atoms with Gasteiger partial charge in [-0.15, -0.1) is 0 Å². The first-order valence-corrected chi connectivity index (χ1v) is 7.75. The van der Waals surface area contributed by atoms with Crippen LogP contribution < -0.4 is 0 Å². The van der Waals surface area contributed by atoms with Crippen molar-refractivity contribution in [2.45, 2.75) is 49.8 Å². The third kappa shape index (κ3) is 3.11. The van der Waals surface area contributed by atoms with Crippen molar-refractivity contribution in [2.24, 2.45) is 0 Å². The van der Waals surface area contributed by atoms with Gasteiger partial charge < -0.3 is 0 Å². The van der Waals surface area contributed by atoms with Gasteiger partial charge >= 0.3 is 0 Å². The standard InChI is InChI=1S/C10H21NO2S2/c1-8(14)11-6-5-9(15(4,12)13)7-10(11,2)3/h8-9,14H,5-7H2,1-4H3. The normalized spacial score (nSPS) is 30.1. The van der Waals surface area contributed by atoms with Gasteiger partial charge in [-0.05, 0) is 33.6 Å². The van der Waals surface area contributed by atoms with Crippen LogP contribution in [0.25, 0.3) is 0 Å². The minimum Gasteiger partial charge on any atom is -0.287 e. The molecule has 1 aliphatic heterocycles. The summed E-state index contributed by atoms with van der Waals surface area (Å²) >= 11 is 4.43. The topological polar surface area (TPSA) is 37.4 Å². The maximum Gasteiger partial charge on any atom is 0.150 e. The predicted octanol–water partition coefficient (Wildman–Crippen LogP) is 1.55. The summed E-state index contributed by atoms with van der Waals surface area (Å²) in [6, 6.07) is 0. The van der Waals surface area contributed by atoms with Crippen LogP contribution in [0, 0.1) is 0 Å². The van der Waals surface area contributed by atoms with Crippen LogP contribution in [0.3, 0.4) is 0 Å². The first-order chi connectivity index (χ1) is 6.64. The van der Waals surface area contributed by atoms with E-state index in [1.165, 1.54) is 6.26 Å². The molecule has 2 atom stereocenters.